The van der Waals surface area contributed by atoms with Gasteiger partial charge in [-0.3, -0.25) is 4.90 Å². The van der Waals surface area contributed by atoms with Crippen molar-refractivity contribution in [1.29, 1.82) is 0 Å². The van der Waals surface area contributed by atoms with Gasteiger partial charge in [0, 0.05) is 12.1 Å². The van der Waals surface area contributed by atoms with Gasteiger partial charge in [0.2, 0.25) is 0 Å². The van der Waals surface area contributed by atoms with E-state index in [9.17, 15) is 0 Å². The van der Waals surface area contributed by atoms with Gasteiger partial charge in [-0.25, -0.2) is 0 Å². The smallest absolute Gasteiger partial charge is 0.117 e. The van der Waals surface area contributed by atoms with Gasteiger partial charge in [0.25, 0.3) is 0 Å². The first kappa shape index (κ1) is 11.3. The number of hydrogen-bond acceptors (Lipinski definition) is 3. The van der Waals surface area contributed by atoms with Crippen LogP contribution in [0.5, 0.6) is 0 Å². The Morgan fingerprint density at radius 2 is 2.12 bits per heavy atom. The highest BCUT2D eigenvalue weighted by Gasteiger charge is 2.40. The van der Waals surface area contributed by atoms with E-state index in [0.29, 0.717) is 0 Å². The van der Waals surface area contributed by atoms with E-state index < -0.39 is 0 Å². The van der Waals surface area contributed by atoms with Crippen LogP contribution < -0.4 is 5.32 Å². The maximum atomic E-state index is 5.48. The lowest BCUT2D eigenvalue weighted by atomic mass is 9.90. The average molecular weight is 234 g/mol. The summed E-state index contributed by atoms with van der Waals surface area (Å²) in [7, 11) is 2.07. The zero-order chi connectivity index (χ0) is 11.7. The Bertz CT molecular complexity index is 335. The first-order valence-corrected chi connectivity index (χ1v) is 6.79. The quantitative estimate of drug-likeness (QED) is 0.866. The third-order valence-corrected chi connectivity index (χ3v) is 4.39. The van der Waals surface area contributed by atoms with Crippen LogP contribution in [0, 0.1) is 5.92 Å². The summed E-state index contributed by atoms with van der Waals surface area (Å²) < 4.78 is 5.48. The van der Waals surface area contributed by atoms with Gasteiger partial charge in [0.1, 0.15) is 5.76 Å². The summed E-state index contributed by atoms with van der Waals surface area (Å²) in [6.07, 6.45) is 7.26. The summed E-state index contributed by atoms with van der Waals surface area (Å²) in [5, 5.41) is 3.33. The van der Waals surface area contributed by atoms with Crippen LogP contribution >= 0.6 is 0 Å². The fraction of sp³-hybridized carbons (Fsp3) is 0.714. The van der Waals surface area contributed by atoms with Crippen molar-refractivity contribution in [1.82, 2.24) is 10.2 Å². The van der Waals surface area contributed by atoms with Crippen molar-refractivity contribution in [2.24, 2.45) is 5.92 Å². The van der Waals surface area contributed by atoms with E-state index in [1.54, 1.807) is 6.26 Å². The van der Waals surface area contributed by atoms with Crippen molar-refractivity contribution in [3.05, 3.63) is 24.2 Å². The van der Waals surface area contributed by atoms with E-state index in [0.717, 1.165) is 30.3 Å². The van der Waals surface area contributed by atoms with Gasteiger partial charge in [-0.2, -0.15) is 0 Å². The van der Waals surface area contributed by atoms with Crippen molar-refractivity contribution >= 4 is 0 Å². The molecule has 0 radical (unpaired) electrons. The van der Waals surface area contributed by atoms with Crippen molar-refractivity contribution in [3.63, 3.8) is 0 Å². The minimum atomic E-state index is 0.789. The van der Waals surface area contributed by atoms with Gasteiger partial charge in [0.05, 0.1) is 12.8 Å². The molecule has 2 fully saturated rings. The summed E-state index contributed by atoms with van der Waals surface area (Å²) in [5.74, 6) is 2.00. The van der Waals surface area contributed by atoms with E-state index in [1.807, 2.05) is 6.07 Å². The average Bonchev–Trinajstić information content (AvgIpc) is 2.89. The largest absolute Gasteiger partial charge is 0.468 e. The van der Waals surface area contributed by atoms with Crippen LogP contribution in [-0.2, 0) is 6.54 Å². The van der Waals surface area contributed by atoms with Gasteiger partial charge in [-0.1, -0.05) is 0 Å². The highest BCUT2D eigenvalue weighted by molar-refractivity contribution is 5.02. The zero-order valence-electron chi connectivity index (χ0n) is 10.6. The Morgan fingerprint density at radius 1 is 1.35 bits per heavy atom. The van der Waals surface area contributed by atoms with Crippen molar-refractivity contribution < 1.29 is 4.42 Å². The highest BCUT2D eigenvalue weighted by atomic mass is 16.3. The van der Waals surface area contributed by atoms with E-state index in [1.165, 1.54) is 32.2 Å². The molecule has 3 rings (SSSR count). The molecule has 3 heteroatoms. The van der Waals surface area contributed by atoms with Crippen molar-refractivity contribution in [3.8, 4) is 0 Å². The summed E-state index contributed by atoms with van der Waals surface area (Å²) in [6, 6.07) is 5.67. The molecular weight excluding hydrogens is 212 g/mol. The Balaban J connectivity index is 1.64. The molecule has 3 heterocycles. The van der Waals surface area contributed by atoms with Crippen LogP contribution in [0.2, 0.25) is 0 Å². The Labute approximate surface area is 103 Å². The van der Waals surface area contributed by atoms with E-state index in [2.05, 4.69) is 23.3 Å². The normalized spacial score (nSPS) is 33.1. The van der Waals surface area contributed by atoms with E-state index in [-0.39, 0.29) is 0 Å². The minimum Gasteiger partial charge on any atom is -0.468 e. The Hall–Kier alpha value is -0.800. The standard InChI is InChI=1S/C14H22N2O/c1-15-9-11-7-12-4-5-13(8-11)16(12)10-14-3-2-6-17-14/h2-3,6,11-13,15H,4-5,7-10H2,1H3. The molecule has 2 aliphatic heterocycles. The maximum absolute atomic E-state index is 5.48. The third kappa shape index (κ3) is 2.26. The lowest BCUT2D eigenvalue weighted by Crippen LogP contribution is -2.44. The van der Waals surface area contributed by atoms with Gasteiger partial charge >= 0.3 is 0 Å². The third-order valence-electron chi connectivity index (χ3n) is 4.39. The second-order valence-electron chi connectivity index (χ2n) is 5.53. The minimum absolute atomic E-state index is 0.789. The topological polar surface area (TPSA) is 28.4 Å². The maximum Gasteiger partial charge on any atom is 0.117 e. The monoisotopic (exact) mass is 234 g/mol. The number of nitrogens with zero attached hydrogens (tertiary/aromatic N) is 1. The molecule has 0 aliphatic carbocycles. The summed E-state index contributed by atoms with van der Waals surface area (Å²) in [6.45, 7) is 2.19. The number of rotatable bonds is 4. The molecule has 2 aliphatic rings. The number of hydrogen-bond donors (Lipinski definition) is 1. The van der Waals surface area contributed by atoms with Crippen LogP contribution in [-0.4, -0.2) is 30.6 Å². The predicted molar refractivity (Wildman–Crippen MR) is 67.7 cm³/mol. The molecular formula is C14H22N2O. The SMILES string of the molecule is CNCC1CC2CCC(C1)N2Cc1ccco1. The van der Waals surface area contributed by atoms with E-state index in [4.69, 9.17) is 4.42 Å². The lowest BCUT2D eigenvalue weighted by molar-refractivity contribution is 0.0891. The second-order valence-corrected chi connectivity index (χ2v) is 5.53. The molecule has 2 bridgehead atoms. The molecule has 0 saturated carbocycles. The molecule has 1 N–H and O–H groups in total. The second kappa shape index (κ2) is 4.83. The molecule has 0 amide bonds. The summed E-state index contributed by atoms with van der Waals surface area (Å²) >= 11 is 0. The van der Waals surface area contributed by atoms with Crippen LogP contribution in [0.3, 0.4) is 0 Å². The molecule has 1 aromatic rings. The number of piperidine rings is 1. The van der Waals surface area contributed by atoms with Gasteiger partial charge in [0.15, 0.2) is 0 Å². The Morgan fingerprint density at radius 3 is 2.71 bits per heavy atom. The van der Waals surface area contributed by atoms with Crippen LogP contribution in [0.25, 0.3) is 0 Å². The molecule has 17 heavy (non-hydrogen) atoms. The highest BCUT2D eigenvalue weighted by Crippen LogP contribution is 2.39. The van der Waals surface area contributed by atoms with Gasteiger partial charge in [-0.15, -0.1) is 0 Å². The zero-order valence-corrected chi connectivity index (χ0v) is 10.6. The van der Waals surface area contributed by atoms with E-state index >= 15 is 0 Å². The molecule has 0 aromatic carbocycles. The first-order valence-electron chi connectivity index (χ1n) is 6.79. The fourth-order valence-corrected chi connectivity index (χ4v) is 3.68. The fourth-order valence-electron chi connectivity index (χ4n) is 3.68. The number of fused-ring (bicyclic) bond motifs is 2. The number of furan rings is 1. The van der Waals surface area contributed by atoms with Gasteiger partial charge in [-0.05, 0) is 57.3 Å². The number of nitrogens with one attached hydrogen (secondary N) is 1. The molecule has 2 saturated heterocycles. The van der Waals surface area contributed by atoms with Gasteiger partial charge < -0.3 is 9.73 Å². The summed E-state index contributed by atoms with van der Waals surface area (Å²) in [5.41, 5.74) is 0. The predicted octanol–water partition coefficient (Wildman–Crippen LogP) is 2.24. The van der Waals surface area contributed by atoms with Crippen LogP contribution in [0.4, 0.5) is 0 Å². The Kier molecular flexibility index (Phi) is 3.21. The molecule has 94 valence electrons. The van der Waals surface area contributed by atoms with Crippen molar-refractivity contribution in [2.45, 2.75) is 44.3 Å². The molecule has 1 aromatic heterocycles. The molecule has 2 unspecified atom stereocenters. The molecule has 0 spiro atoms. The lowest BCUT2D eigenvalue weighted by Gasteiger charge is -2.38. The molecule has 3 nitrogen and oxygen atoms in total. The first-order chi connectivity index (χ1) is 8.36. The summed E-state index contributed by atoms with van der Waals surface area (Å²) in [4.78, 5) is 2.67. The van der Waals surface area contributed by atoms with Crippen molar-refractivity contribution in [2.75, 3.05) is 13.6 Å². The van der Waals surface area contributed by atoms with Crippen LogP contribution in [0.15, 0.2) is 22.8 Å². The van der Waals surface area contributed by atoms with Crippen LogP contribution in [0.1, 0.15) is 31.4 Å². The molecule has 2 atom stereocenters.